The first-order valence-electron chi connectivity index (χ1n) is 8.63. The Bertz CT molecular complexity index is 1010. The zero-order valence-corrected chi connectivity index (χ0v) is 16.0. The predicted molar refractivity (Wildman–Crippen MR) is 110 cm³/mol. The molecule has 0 saturated carbocycles. The highest BCUT2D eigenvalue weighted by molar-refractivity contribution is 6.36. The number of fused-ring (bicyclic) bond motifs is 1. The van der Waals surface area contributed by atoms with Gasteiger partial charge in [-0.1, -0.05) is 47.5 Å². The Morgan fingerprint density at radius 2 is 1.85 bits per heavy atom. The SMILES string of the molecule is O=C(Nc1ccc(Cl)cc1Cl)c1cncc(N2CCc3ccccc3C2)c1. The first kappa shape index (κ1) is 17.8. The van der Waals surface area contributed by atoms with Gasteiger partial charge in [-0.05, 0) is 41.8 Å². The average Bonchev–Trinajstić information content (AvgIpc) is 2.70. The van der Waals surface area contributed by atoms with Gasteiger partial charge in [-0.25, -0.2) is 0 Å². The summed E-state index contributed by atoms with van der Waals surface area (Å²) in [4.78, 5) is 19.1. The summed E-state index contributed by atoms with van der Waals surface area (Å²) in [7, 11) is 0. The molecule has 6 heteroatoms. The first-order valence-corrected chi connectivity index (χ1v) is 9.39. The summed E-state index contributed by atoms with van der Waals surface area (Å²) in [6.45, 7) is 1.71. The fourth-order valence-corrected chi connectivity index (χ4v) is 3.68. The van der Waals surface area contributed by atoms with Gasteiger partial charge in [0.25, 0.3) is 5.91 Å². The first-order chi connectivity index (χ1) is 13.1. The molecule has 0 radical (unpaired) electrons. The van der Waals surface area contributed by atoms with Crippen LogP contribution in [0.15, 0.2) is 60.9 Å². The molecule has 0 fully saturated rings. The minimum absolute atomic E-state index is 0.258. The van der Waals surface area contributed by atoms with E-state index in [2.05, 4.69) is 39.5 Å². The molecule has 1 aliphatic heterocycles. The van der Waals surface area contributed by atoms with Crippen LogP contribution >= 0.6 is 23.2 Å². The number of halogens is 2. The Balaban J connectivity index is 1.53. The van der Waals surface area contributed by atoms with E-state index in [1.54, 1.807) is 30.6 Å². The van der Waals surface area contributed by atoms with Crippen molar-refractivity contribution < 1.29 is 4.79 Å². The maximum atomic E-state index is 12.6. The van der Waals surface area contributed by atoms with Crippen LogP contribution in [0, 0.1) is 0 Å². The molecule has 0 aliphatic carbocycles. The molecule has 0 unspecified atom stereocenters. The maximum absolute atomic E-state index is 12.6. The Kier molecular flexibility index (Phi) is 5.01. The van der Waals surface area contributed by atoms with Crippen molar-refractivity contribution in [1.29, 1.82) is 0 Å². The Morgan fingerprint density at radius 3 is 2.67 bits per heavy atom. The molecule has 3 aromatic rings. The number of anilines is 2. The molecule has 0 bridgehead atoms. The summed E-state index contributed by atoms with van der Waals surface area (Å²) < 4.78 is 0. The molecule has 1 aliphatic rings. The molecule has 136 valence electrons. The number of hydrogen-bond donors (Lipinski definition) is 1. The van der Waals surface area contributed by atoms with E-state index >= 15 is 0 Å². The fourth-order valence-electron chi connectivity index (χ4n) is 3.23. The lowest BCUT2D eigenvalue weighted by atomic mass is 9.99. The average molecular weight is 398 g/mol. The second kappa shape index (κ2) is 7.59. The summed E-state index contributed by atoms with van der Waals surface area (Å²) in [5, 5.41) is 3.73. The van der Waals surface area contributed by atoms with Crippen LogP contribution in [0.4, 0.5) is 11.4 Å². The van der Waals surface area contributed by atoms with Crippen molar-refractivity contribution in [1.82, 2.24) is 4.98 Å². The van der Waals surface area contributed by atoms with Gasteiger partial charge in [0.2, 0.25) is 0 Å². The number of nitrogens with zero attached hydrogens (tertiary/aromatic N) is 2. The van der Waals surface area contributed by atoms with Crippen LogP contribution in [-0.4, -0.2) is 17.4 Å². The van der Waals surface area contributed by atoms with Crippen LogP contribution in [0.5, 0.6) is 0 Å². The summed E-state index contributed by atoms with van der Waals surface area (Å²) in [6.07, 6.45) is 4.33. The Morgan fingerprint density at radius 1 is 1.04 bits per heavy atom. The van der Waals surface area contributed by atoms with Crippen molar-refractivity contribution in [2.24, 2.45) is 0 Å². The van der Waals surface area contributed by atoms with Gasteiger partial charge in [-0.3, -0.25) is 9.78 Å². The second-order valence-electron chi connectivity index (χ2n) is 6.45. The number of benzene rings is 2. The zero-order valence-electron chi connectivity index (χ0n) is 14.5. The summed E-state index contributed by atoms with van der Waals surface area (Å²) in [5.74, 6) is -0.258. The zero-order chi connectivity index (χ0) is 18.8. The van der Waals surface area contributed by atoms with Crippen LogP contribution in [0.2, 0.25) is 10.0 Å². The summed E-state index contributed by atoms with van der Waals surface area (Å²) in [5.41, 5.74) is 4.62. The minimum Gasteiger partial charge on any atom is -0.366 e. The second-order valence-corrected chi connectivity index (χ2v) is 7.29. The number of rotatable bonds is 3. The van der Waals surface area contributed by atoms with Gasteiger partial charge in [0.05, 0.1) is 28.2 Å². The molecule has 27 heavy (non-hydrogen) atoms. The topological polar surface area (TPSA) is 45.2 Å². The molecule has 1 N–H and O–H groups in total. The number of carbonyl (C=O) groups excluding carboxylic acids is 1. The molecule has 0 atom stereocenters. The van der Waals surface area contributed by atoms with E-state index in [9.17, 15) is 4.79 Å². The molecular formula is C21H17Cl2N3O. The molecule has 2 aromatic carbocycles. The van der Waals surface area contributed by atoms with E-state index in [1.807, 2.05) is 6.07 Å². The Labute approximate surface area is 167 Å². The van der Waals surface area contributed by atoms with E-state index in [0.29, 0.717) is 21.3 Å². The summed E-state index contributed by atoms with van der Waals surface area (Å²) in [6, 6.07) is 15.3. The molecule has 4 rings (SSSR count). The van der Waals surface area contributed by atoms with E-state index in [4.69, 9.17) is 23.2 Å². The number of nitrogens with one attached hydrogen (secondary N) is 1. The molecule has 4 nitrogen and oxygen atoms in total. The van der Waals surface area contributed by atoms with Crippen molar-refractivity contribution in [3.05, 3.63) is 87.7 Å². The van der Waals surface area contributed by atoms with Gasteiger partial charge in [-0.2, -0.15) is 0 Å². The predicted octanol–water partition coefficient (Wildman–Crippen LogP) is 5.20. The number of hydrogen-bond acceptors (Lipinski definition) is 3. The monoisotopic (exact) mass is 397 g/mol. The number of amides is 1. The highest BCUT2D eigenvalue weighted by atomic mass is 35.5. The minimum atomic E-state index is -0.258. The van der Waals surface area contributed by atoms with Gasteiger partial charge < -0.3 is 10.2 Å². The quantitative estimate of drug-likeness (QED) is 0.659. The molecule has 1 amide bonds. The van der Waals surface area contributed by atoms with Crippen LogP contribution in [0.1, 0.15) is 21.5 Å². The van der Waals surface area contributed by atoms with Crippen molar-refractivity contribution in [2.75, 3.05) is 16.8 Å². The Hall–Kier alpha value is -2.56. The van der Waals surface area contributed by atoms with E-state index in [1.165, 1.54) is 11.1 Å². The molecular weight excluding hydrogens is 381 g/mol. The molecule has 1 aromatic heterocycles. The molecule has 2 heterocycles. The highest BCUT2D eigenvalue weighted by Gasteiger charge is 2.18. The third kappa shape index (κ3) is 3.92. The van der Waals surface area contributed by atoms with Crippen LogP contribution in [0.25, 0.3) is 0 Å². The van der Waals surface area contributed by atoms with Crippen LogP contribution in [-0.2, 0) is 13.0 Å². The third-order valence-electron chi connectivity index (χ3n) is 4.66. The molecule has 0 saturated heterocycles. The number of pyridine rings is 1. The number of carbonyl (C=O) groups is 1. The lowest BCUT2D eigenvalue weighted by Crippen LogP contribution is -2.30. The van der Waals surface area contributed by atoms with Gasteiger partial charge in [0.1, 0.15) is 0 Å². The molecule has 0 spiro atoms. The van der Waals surface area contributed by atoms with Crippen LogP contribution in [0.3, 0.4) is 0 Å². The standard InChI is InChI=1S/C21H17Cl2N3O/c22-17-5-6-20(19(23)10-17)25-21(27)16-9-18(12-24-11-16)26-8-7-14-3-1-2-4-15(14)13-26/h1-6,9-12H,7-8,13H2,(H,25,27). The van der Waals surface area contributed by atoms with Crippen molar-refractivity contribution in [3.8, 4) is 0 Å². The fraction of sp³-hybridized carbons (Fsp3) is 0.143. The van der Waals surface area contributed by atoms with Gasteiger partial charge >= 0.3 is 0 Å². The van der Waals surface area contributed by atoms with E-state index in [0.717, 1.165) is 25.2 Å². The van der Waals surface area contributed by atoms with Crippen molar-refractivity contribution >= 4 is 40.5 Å². The van der Waals surface area contributed by atoms with Crippen LogP contribution < -0.4 is 10.2 Å². The maximum Gasteiger partial charge on any atom is 0.257 e. The van der Waals surface area contributed by atoms with Crippen molar-refractivity contribution in [3.63, 3.8) is 0 Å². The van der Waals surface area contributed by atoms with Gasteiger partial charge in [0.15, 0.2) is 0 Å². The lowest BCUT2D eigenvalue weighted by Gasteiger charge is -2.30. The van der Waals surface area contributed by atoms with Gasteiger partial charge in [0, 0.05) is 24.3 Å². The number of aromatic nitrogens is 1. The lowest BCUT2D eigenvalue weighted by molar-refractivity contribution is 0.102. The highest BCUT2D eigenvalue weighted by Crippen LogP contribution is 2.27. The van der Waals surface area contributed by atoms with Gasteiger partial charge in [-0.15, -0.1) is 0 Å². The van der Waals surface area contributed by atoms with E-state index in [-0.39, 0.29) is 5.91 Å². The van der Waals surface area contributed by atoms with E-state index < -0.39 is 0 Å². The third-order valence-corrected chi connectivity index (χ3v) is 5.21. The smallest absolute Gasteiger partial charge is 0.257 e. The van der Waals surface area contributed by atoms with Crippen molar-refractivity contribution in [2.45, 2.75) is 13.0 Å². The normalized spacial score (nSPS) is 13.2. The largest absolute Gasteiger partial charge is 0.366 e. The summed E-state index contributed by atoms with van der Waals surface area (Å²) >= 11 is 12.0.